The zero-order chi connectivity index (χ0) is 12.4. The van der Waals surface area contributed by atoms with Gasteiger partial charge < -0.3 is 10.0 Å². The molecule has 1 saturated heterocycles. The Morgan fingerprint density at radius 2 is 2.24 bits per heavy atom. The lowest BCUT2D eigenvalue weighted by Gasteiger charge is -2.24. The highest BCUT2D eigenvalue weighted by atomic mass is 16.3. The highest BCUT2D eigenvalue weighted by molar-refractivity contribution is 5.96. The Balaban J connectivity index is 2.28. The summed E-state index contributed by atoms with van der Waals surface area (Å²) in [6.45, 7) is 4.82. The number of hydrogen-bond acceptors (Lipinski definition) is 2. The second-order valence-electron chi connectivity index (χ2n) is 4.72. The monoisotopic (exact) mass is 233 g/mol. The lowest BCUT2D eigenvalue weighted by Crippen LogP contribution is -2.38. The van der Waals surface area contributed by atoms with Crippen LogP contribution in [0.5, 0.6) is 0 Å². The summed E-state index contributed by atoms with van der Waals surface area (Å²) in [6.07, 6.45) is 1.90. The van der Waals surface area contributed by atoms with Gasteiger partial charge in [0.15, 0.2) is 0 Å². The summed E-state index contributed by atoms with van der Waals surface area (Å²) in [7, 11) is 0. The van der Waals surface area contributed by atoms with Gasteiger partial charge in [0.1, 0.15) is 0 Å². The van der Waals surface area contributed by atoms with Gasteiger partial charge in [0.05, 0.1) is 12.6 Å². The van der Waals surface area contributed by atoms with Crippen molar-refractivity contribution in [2.45, 2.75) is 32.7 Å². The van der Waals surface area contributed by atoms with E-state index in [2.05, 4.69) is 0 Å². The molecule has 0 spiro atoms. The summed E-state index contributed by atoms with van der Waals surface area (Å²) in [5.74, 6) is 0.0581. The molecule has 0 radical (unpaired) electrons. The van der Waals surface area contributed by atoms with E-state index >= 15 is 0 Å². The maximum absolute atomic E-state index is 12.4. The summed E-state index contributed by atoms with van der Waals surface area (Å²) in [6, 6.07) is 5.80. The van der Waals surface area contributed by atoms with E-state index in [4.69, 9.17) is 0 Å². The average molecular weight is 233 g/mol. The zero-order valence-electron chi connectivity index (χ0n) is 10.4. The molecule has 1 aliphatic heterocycles. The van der Waals surface area contributed by atoms with Gasteiger partial charge >= 0.3 is 0 Å². The number of benzene rings is 1. The molecule has 0 aromatic heterocycles. The molecule has 1 heterocycles. The topological polar surface area (TPSA) is 40.5 Å². The van der Waals surface area contributed by atoms with Gasteiger partial charge in [0.2, 0.25) is 0 Å². The third-order valence-electron chi connectivity index (χ3n) is 3.68. The molecule has 3 heteroatoms. The van der Waals surface area contributed by atoms with Crippen molar-refractivity contribution in [1.82, 2.24) is 4.90 Å². The molecule has 17 heavy (non-hydrogen) atoms. The van der Waals surface area contributed by atoms with E-state index in [0.29, 0.717) is 0 Å². The number of aryl methyl sites for hydroxylation is 1. The van der Waals surface area contributed by atoms with E-state index in [1.807, 2.05) is 36.9 Å². The number of aliphatic hydroxyl groups excluding tert-OH is 1. The minimum Gasteiger partial charge on any atom is -0.394 e. The Morgan fingerprint density at radius 1 is 1.47 bits per heavy atom. The van der Waals surface area contributed by atoms with Crippen LogP contribution in [0.15, 0.2) is 18.2 Å². The van der Waals surface area contributed by atoms with Crippen LogP contribution in [0.2, 0.25) is 0 Å². The van der Waals surface area contributed by atoms with Gasteiger partial charge in [-0.25, -0.2) is 0 Å². The Morgan fingerprint density at radius 3 is 2.94 bits per heavy atom. The maximum Gasteiger partial charge on any atom is 0.254 e. The Labute approximate surface area is 102 Å². The van der Waals surface area contributed by atoms with Gasteiger partial charge in [0, 0.05) is 12.1 Å². The van der Waals surface area contributed by atoms with Crippen LogP contribution in [-0.4, -0.2) is 35.1 Å². The molecular formula is C14H19NO2. The molecule has 2 rings (SSSR count). The van der Waals surface area contributed by atoms with Gasteiger partial charge in [-0.1, -0.05) is 12.1 Å². The van der Waals surface area contributed by atoms with E-state index in [0.717, 1.165) is 36.1 Å². The second kappa shape index (κ2) is 4.88. The third kappa shape index (κ3) is 2.20. The lowest BCUT2D eigenvalue weighted by molar-refractivity contribution is 0.0677. The van der Waals surface area contributed by atoms with Gasteiger partial charge in [-0.15, -0.1) is 0 Å². The van der Waals surface area contributed by atoms with Crippen molar-refractivity contribution in [1.29, 1.82) is 0 Å². The summed E-state index contributed by atoms with van der Waals surface area (Å²) in [5, 5.41) is 9.26. The zero-order valence-corrected chi connectivity index (χ0v) is 10.4. The molecule has 1 aromatic rings. The molecule has 0 bridgehead atoms. The van der Waals surface area contributed by atoms with Crippen LogP contribution in [0.3, 0.4) is 0 Å². The molecule has 0 saturated carbocycles. The van der Waals surface area contributed by atoms with Crippen molar-refractivity contribution in [2.75, 3.05) is 13.2 Å². The minimum absolute atomic E-state index is 0.00223. The fraction of sp³-hybridized carbons (Fsp3) is 0.500. The Kier molecular flexibility index (Phi) is 3.48. The van der Waals surface area contributed by atoms with Crippen molar-refractivity contribution in [3.05, 3.63) is 34.9 Å². The summed E-state index contributed by atoms with van der Waals surface area (Å²) in [5.41, 5.74) is 2.95. The van der Waals surface area contributed by atoms with Crippen LogP contribution in [-0.2, 0) is 0 Å². The van der Waals surface area contributed by atoms with Gasteiger partial charge in [-0.05, 0) is 43.9 Å². The summed E-state index contributed by atoms with van der Waals surface area (Å²) < 4.78 is 0. The Hall–Kier alpha value is -1.35. The number of rotatable bonds is 2. The van der Waals surface area contributed by atoms with Crippen LogP contribution >= 0.6 is 0 Å². The minimum atomic E-state index is 0.00223. The van der Waals surface area contributed by atoms with Gasteiger partial charge in [-0.2, -0.15) is 0 Å². The quantitative estimate of drug-likeness (QED) is 0.847. The van der Waals surface area contributed by atoms with Gasteiger partial charge in [0.25, 0.3) is 5.91 Å². The number of carbonyl (C=O) groups excluding carboxylic acids is 1. The molecule has 1 amide bonds. The third-order valence-corrected chi connectivity index (χ3v) is 3.68. The molecule has 3 nitrogen and oxygen atoms in total. The molecule has 1 fully saturated rings. The molecular weight excluding hydrogens is 214 g/mol. The van der Waals surface area contributed by atoms with E-state index in [1.54, 1.807) is 0 Å². The first kappa shape index (κ1) is 12.1. The van der Waals surface area contributed by atoms with Crippen molar-refractivity contribution in [3.63, 3.8) is 0 Å². The average Bonchev–Trinajstić information content (AvgIpc) is 2.80. The standard InChI is InChI=1S/C14H19NO2/c1-10-5-3-7-13(11(10)2)14(17)15-8-4-6-12(15)9-16/h3,5,7,12,16H,4,6,8-9H2,1-2H3. The maximum atomic E-state index is 12.4. The fourth-order valence-electron chi connectivity index (χ4n) is 2.43. The van der Waals surface area contributed by atoms with Crippen LogP contribution in [0.25, 0.3) is 0 Å². The van der Waals surface area contributed by atoms with Crippen molar-refractivity contribution in [3.8, 4) is 0 Å². The number of nitrogens with zero attached hydrogens (tertiary/aromatic N) is 1. The molecule has 1 atom stereocenters. The smallest absolute Gasteiger partial charge is 0.254 e. The number of hydrogen-bond donors (Lipinski definition) is 1. The van der Waals surface area contributed by atoms with E-state index in [1.165, 1.54) is 0 Å². The Bertz CT molecular complexity index is 428. The molecule has 1 N–H and O–H groups in total. The molecule has 1 aromatic carbocycles. The van der Waals surface area contributed by atoms with Crippen LogP contribution in [0.1, 0.15) is 34.3 Å². The molecule has 0 aliphatic carbocycles. The number of likely N-dealkylation sites (tertiary alicyclic amines) is 1. The van der Waals surface area contributed by atoms with E-state index in [9.17, 15) is 9.90 Å². The first-order chi connectivity index (χ1) is 8.15. The number of carbonyl (C=O) groups is 1. The normalized spacial score (nSPS) is 19.7. The predicted octanol–water partition coefficient (Wildman–Crippen LogP) is 1.90. The van der Waals surface area contributed by atoms with E-state index in [-0.39, 0.29) is 18.6 Å². The van der Waals surface area contributed by atoms with Crippen LogP contribution < -0.4 is 0 Å². The van der Waals surface area contributed by atoms with Crippen molar-refractivity contribution in [2.24, 2.45) is 0 Å². The van der Waals surface area contributed by atoms with Crippen molar-refractivity contribution < 1.29 is 9.90 Å². The van der Waals surface area contributed by atoms with Gasteiger partial charge in [-0.3, -0.25) is 4.79 Å². The van der Waals surface area contributed by atoms with Crippen LogP contribution in [0, 0.1) is 13.8 Å². The predicted molar refractivity (Wildman–Crippen MR) is 67.1 cm³/mol. The largest absolute Gasteiger partial charge is 0.394 e. The highest BCUT2D eigenvalue weighted by Gasteiger charge is 2.29. The number of amides is 1. The summed E-state index contributed by atoms with van der Waals surface area (Å²) in [4.78, 5) is 14.2. The highest BCUT2D eigenvalue weighted by Crippen LogP contribution is 2.22. The lowest BCUT2D eigenvalue weighted by atomic mass is 10.0. The van der Waals surface area contributed by atoms with Crippen LogP contribution in [0.4, 0.5) is 0 Å². The molecule has 92 valence electrons. The SMILES string of the molecule is Cc1cccc(C(=O)N2CCCC2CO)c1C. The molecule has 1 aliphatic rings. The first-order valence-corrected chi connectivity index (χ1v) is 6.13. The van der Waals surface area contributed by atoms with E-state index < -0.39 is 0 Å². The first-order valence-electron chi connectivity index (χ1n) is 6.13. The second-order valence-corrected chi connectivity index (χ2v) is 4.72. The molecule has 1 unspecified atom stereocenters. The summed E-state index contributed by atoms with van der Waals surface area (Å²) >= 11 is 0. The van der Waals surface area contributed by atoms with Crippen molar-refractivity contribution >= 4 is 5.91 Å². The fourth-order valence-corrected chi connectivity index (χ4v) is 2.43. The number of aliphatic hydroxyl groups is 1.